The SMILES string of the molecule is c1cncc(-c2cc(-c3cccnc3)cc(-c3cncnc3)c2)c1. The van der Waals surface area contributed by atoms with Gasteiger partial charge in [0.25, 0.3) is 0 Å². The summed E-state index contributed by atoms with van der Waals surface area (Å²) in [5.41, 5.74) is 6.39. The second-order valence-electron chi connectivity index (χ2n) is 5.41. The molecule has 0 unspecified atom stereocenters. The maximum absolute atomic E-state index is 4.23. The second kappa shape index (κ2) is 6.38. The lowest BCUT2D eigenvalue weighted by Gasteiger charge is -2.10. The summed E-state index contributed by atoms with van der Waals surface area (Å²) < 4.78 is 0. The maximum atomic E-state index is 4.23. The molecule has 3 aromatic heterocycles. The number of benzene rings is 1. The van der Waals surface area contributed by atoms with Gasteiger partial charge < -0.3 is 0 Å². The van der Waals surface area contributed by atoms with Crippen LogP contribution in [0.1, 0.15) is 0 Å². The Bertz CT molecular complexity index is 799. The smallest absolute Gasteiger partial charge is 0.115 e. The molecule has 0 fully saturated rings. The van der Waals surface area contributed by atoms with E-state index in [0.29, 0.717) is 0 Å². The predicted molar refractivity (Wildman–Crippen MR) is 93.9 cm³/mol. The summed E-state index contributed by atoms with van der Waals surface area (Å²) in [6, 6.07) is 14.4. The van der Waals surface area contributed by atoms with E-state index in [2.05, 4.69) is 50.3 Å². The number of hydrogen-bond acceptors (Lipinski definition) is 4. The molecule has 0 radical (unpaired) electrons. The number of nitrogens with zero attached hydrogens (tertiary/aromatic N) is 4. The number of pyridine rings is 2. The Labute approximate surface area is 139 Å². The summed E-state index contributed by atoms with van der Waals surface area (Å²) in [6.07, 6.45) is 12.5. The van der Waals surface area contributed by atoms with E-state index in [1.807, 2.05) is 36.9 Å². The zero-order valence-electron chi connectivity index (χ0n) is 12.9. The van der Waals surface area contributed by atoms with Crippen molar-refractivity contribution in [2.24, 2.45) is 0 Å². The Balaban J connectivity index is 1.92. The molecule has 4 nitrogen and oxygen atoms in total. The third kappa shape index (κ3) is 2.90. The first-order chi connectivity index (χ1) is 11.9. The van der Waals surface area contributed by atoms with Gasteiger partial charge in [-0.3, -0.25) is 9.97 Å². The van der Waals surface area contributed by atoms with Crippen molar-refractivity contribution in [3.05, 3.63) is 86.0 Å². The van der Waals surface area contributed by atoms with Crippen molar-refractivity contribution in [2.45, 2.75) is 0 Å². The molecule has 4 aromatic rings. The third-order valence-corrected chi connectivity index (χ3v) is 3.82. The zero-order valence-corrected chi connectivity index (χ0v) is 12.9. The average molecular weight is 310 g/mol. The molecule has 0 bridgehead atoms. The fraction of sp³-hybridized carbons (Fsp3) is 0. The fourth-order valence-electron chi connectivity index (χ4n) is 2.64. The monoisotopic (exact) mass is 310 g/mol. The summed E-state index contributed by atoms with van der Waals surface area (Å²) in [7, 11) is 0. The van der Waals surface area contributed by atoms with Crippen LogP contribution in [0.4, 0.5) is 0 Å². The molecule has 0 amide bonds. The molecule has 114 valence electrons. The molecule has 0 saturated carbocycles. The Kier molecular flexibility index (Phi) is 3.78. The van der Waals surface area contributed by atoms with Crippen LogP contribution in [0.15, 0.2) is 86.0 Å². The first-order valence-electron chi connectivity index (χ1n) is 7.61. The minimum atomic E-state index is 0.980. The average Bonchev–Trinajstić information content (AvgIpc) is 2.70. The summed E-state index contributed by atoms with van der Waals surface area (Å²) in [5.74, 6) is 0. The summed E-state index contributed by atoms with van der Waals surface area (Å²) in [5, 5.41) is 0. The highest BCUT2D eigenvalue weighted by Gasteiger charge is 2.07. The van der Waals surface area contributed by atoms with Crippen LogP contribution < -0.4 is 0 Å². The molecule has 0 aliphatic rings. The highest BCUT2D eigenvalue weighted by molar-refractivity contribution is 5.80. The molecule has 0 aliphatic carbocycles. The minimum absolute atomic E-state index is 0.980. The largest absolute Gasteiger partial charge is 0.264 e. The van der Waals surface area contributed by atoms with Crippen molar-refractivity contribution in [3.8, 4) is 33.4 Å². The van der Waals surface area contributed by atoms with Crippen molar-refractivity contribution in [1.29, 1.82) is 0 Å². The summed E-state index contributed by atoms with van der Waals surface area (Å²) >= 11 is 0. The molecule has 0 saturated heterocycles. The molecular formula is C20H14N4. The van der Waals surface area contributed by atoms with Crippen molar-refractivity contribution in [1.82, 2.24) is 19.9 Å². The van der Waals surface area contributed by atoms with Crippen molar-refractivity contribution < 1.29 is 0 Å². The van der Waals surface area contributed by atoms with Gasteiger partial charge in [-0.05, 0) is 47.0 Å². The molecule has 0 N–H and O–H groups in total. The van der Waals surface area contributed by atoms with Crippen LogP contribution in [-0.4, -0.2) is 19.9 Å². The fourth-order valence-corrected chi connectivity index (χ4v) is 2.64. The van der Waals surface area contributed by atoms with Crippen molar-refractivity contribution in [2.75, 3.05) is 0 Å². The van der Waals surface area contributed by atoms with Crippen LogP contribution in [0.5, 0.6) is 0 Å². The molecule has 0 atom stereocenters. The Morgan fingerprint density at radius 3 is 1.38 bits per heavy atom. The van der Waals surface area contributed by atoms with Gasteiger partial charge in [0.1, 0.15) is 6.33 Å². The lowest BCUT2D eigenvalue weighted by Crippen LogP contribution is -1.88. The van der Waals surface area contributed by atoms with Gasteiger partial charge in [-0.25, -0.2) is 9.97 Å². The lowest BCUT2D eigenvalue weighted by molar-refractivity contribution is 1.17. The first-order valence-corrected chi connectivity index (χ1v) is 7.61. The van der Waals surface area contributed by atoms with E-state index >= 15 is 0 Å². The standard InChI is InChI=1S/C20H14N4/c1-3-15(10-21-5-1)17-7-18(16-4-2-6-22-11-16)9-19(8-17)20-12-23-14-24-13-20/h1-14H. The Morgan fingerprint density at radius 1 is 0.458 bits per heavy atom. The van der Waals surface area contributed by atoms with Gasteiger partial charge >= 0.3 is 0 Å². The molecule has 3 heterocycles. The van der Waals surface area contributed by atoms with Crippen LogP contribution in [-0.2, 0) is 0 Å². The molecule has 1 aromatic carbocycles. The van der Waals surface area contributed by atoms with E-state index in [0.717, 1.165) is 33.4 Å². The van der Waals surface area contributed by atoms with E-state index in [1.165, 1.54) is 6.33 Å². The van der Waals surface area contributed by atoms with Crippen LogP contribution in [0, 0.1) is 0 Å². The van der Waals surface area contributed by atoms with E-state index in [-0.39, 0.29) is 0 Å². The summed E-state index contributed by atoms with van der Waals surface area (Å²) in [4.78, 5) is 16.7. The van der Waals surface area contributed by atoms with E-state index < -0.39 is 0 Å². The van der Waals surface area contributed by atoms with Crippen LogP contribution in [0.25, 0.3) is 33.4 Å². The van der Waals surface area contributed by atoms with Gasteiger partial charge in [-0.15, -0.1) is 0 Å². The van der Waals surface area contributed by atoms with E-state index in [4.69, 9.17) is 0 Å². The topological polar surface area (TPSA) is 51.6 Å². The van der Waals surface area contributed by atoms with Crippen molar-refractivity contribution in [3.63, 3.8) is 0 Å². The van der Waals surface area contributed by atoms with Gasteiger partial charge in [0.05, 0.1) is 0 Å². The minimum Gasteiger partial charge on any atom is -0.264 e. The Morgan fingerprint density at radius 2 is 0.917 bits per heavy atom. The van der Waals surface area contributed by atoms with E-state index in [9.17, 15) is 0 Å². The number of aromatic nitrogens is 4. The predicted octanol–water partition coefficient (Wildman–Crippen LogP) is 4.27. The molecule has 4 heteroatoms. The lowest BCUT2D eigenvalue weighted by atomic mass is 9.95. The van der Waals surface area contributed by atoms with Crippen LogP contribution >= 0.6 is 0 Å². The number of rotatable bonds is 3. The van der Waals surface area contributed by atoms with Crippen LogP contribution in [0.3, 0.4) is 0 Å². The highest BCUT2D eigenvalue weighted by atomic mass is 14.8. The summed E-state index contributed by atoms with van der Waals surface area (Å²) in [6.45, 7) is 0. The van der Waals surface area contributed by atoms with Gasteiger partial charge in [0.15, 0.2) is 0 Å². The third-order valence-electron chi connectivity index (χ3n) is 3.82. The highest BCUT2D eigenvalue weighted by Crippen LogP contribution is 2.31. The van der Waals surface area contributed by atoms with Gasteiger partial charge in [-0.2, -0.15) is 0 Å². The second-order valence-corrected chi connectivity index (χ2v) is 5.41. The Hall–Kier alpha value is -3.40. The van der Waals surface area contributed by atoms with Crippen molar-refractivity contribution >= 4 is 0 Å². The maximum Gasteiger partial charge on any atom is 0.115 e. The van der Waals surface area contributed by atoms with E-state index in [1.54, 1.807) is 12.4 Å². The van der Waals surface area contributed by atoms with Gasteiger partial charge in [0.2, 0.25) is 0 Å². The van der Waals surface area contributed by atoms with Crippen LogP contribution in [0.2, 0.25) is 0 Å². The molecule has 24 heavy (non-hydrogen) atoms. The molecular weight excluding hydrogens is 296 g/mol. The first kappa shape index (κ1) is 14.2. The molecule has 0 aliphatic heterocycles. The molecule has 4 rings (SSSR count). The quantitative estimate of drug-likeness (QED) is 0.567. The van der Waals surface area contributed by atoms with Gasteiger partial charge in [0, 0.05) is 53.9 Å². The molecule has 0 spiro atoms. The number of hydrogen-bond donors (Lipinski definition) is 0. The zero-order chi connectivity index (χ0) is 16.2. The van der Waals surface area contributed by atoms with Gasteiger partial charge in [-0.1, -0.05) is 12.1 Å². The normalized spacial score (nSPS) is 10.5.